The Balaban J connectivity index is 2.49. The minimum atomic E-state index is -0.905. The van der Waals surface area contributed by atoms with E-state index in [0.717, 1.165) is 22.0 Å². The number of benzene rings is 1. The molecule has 5 nitrogen and oxygen atoms in total. The molecule has 3 aromatic rings. The van der Waals surface area contributed by atoms with Gasteiger partial charge in [0.05, 0.1) is 5.52 Å². The summed E-state index contributed by atoms with van der Waals surface area (Å²) in [7, 11) is 0. The largest absolute Gasteiger partial charge is 0.481 e. The van der Waals surface area contributed by atoms with Crippen molar-refractivity contribution in [2.75, 3.05) is 0 Å². The van der Waals surface area contributed by atoms with Crippen LogP contribution in [-0.2, 0) is 11.2 Å². The number of nitrogens with zero attached hydrogens (tertiary/aromatic N) is 3. The van der Waals surface area contributed by atoms with E-state index in [1.807, 2.05) is 24.3 Å². The molecule has 3 rings (SSSR count). The summed E-state index contributed by atoms with van der Waals surface area (Å²) in [6.45, 7) is 6.12. The van der Waals surface area contributed by atoms with Gasteiger partial charge in [-0.1, -0.05) is 11.6 Å². The summed E-state index contributed by atoms with van der Waals surface area (Å²) in [6.07, 6.45) is -0.132. The van der Waals surface area contributed by atoms with Crippen molar-refractivity contribution in [3.63, 3.8) is 0 Å². The summed E-state index contributed by atoms with van der Waals surface area (Å²) < 4.78 is 1.85. The number of carbonyl (C=O) groups is 1. The lowest BCUT2D eigenvalue weighted by molar-refractivity contribution is -0.136. The smallest absolute Gasteiger partial charge is 0.311 e. The van der Waals surface area contributed by atoms with Crippen LogP contribution in [0, 0.1) is 20.8 Å². The Bertz CT molecular complexity index is 849. The van der Waals surface area contributed by atoms with E-state index in [1.54, 1.807) is 0 Å². The molecular weight excluding hydrogens is 254 g/mol. The zero-order valence-electron chi connectivity index (χ0n) is 11.6. The highest BCUT2D eigenvalue weighted by atomic mass is 16.4. The van der Waals surface area contributed by atoms with Crippen LogP contribution in [0.15, 0.2) is 18.2 Å². The van der Waals surface area contributed by atoms with Crippen LogP contribution in [0.2, 0.25) is 0 Å². The maximum absolute atomic E-state index is 11.0. The number of pyridine rings is 1. The Labute approximate surface area is 115 Å². The molecule has 0 saturated carbocycles. The molecule has 0 saturated heterocycles. The highest BCUT2D eigenvalue weighted by Crippen LogP contribution is 2.26. The first kappa shape index (κ1) is 12.6. The van der Waals surface area contributed by atoms with E-state index < -0.39 is 5.97 Å². The molecule has 2 aromatic heterocycles. The van der Waals surface area contributed by atoms with E-state index in [4.69, 9.17) is 5.11 Å². The van der Waals surface area contributed by atoms with Crippen LogP contribution in [0.25, 0.3) is 16.6 Å². The molecule has 0 aliphatic rings. The van der Waals surface area contributed by atoms with Crippen LogP contribution in [0.3, 0.4) is 0 Å². The predicted molar refractivity (Wildman–Crippen MR) is 76.0 cm³/mol. The van der Waals surface area contributed by atoms with Gasteiger partial charge < -0.3 is 5.11 Å². The standard InChI is InChI=1S/C15H15N3O2/c1-8-4-10(3)15-11(5-8)9(2)6-12-16-17-13(18(12)15)7-14(19)20/h4-6H,7H2,1-3H3,(H,19,20). The van der Waals surface area contributed by atoms with Crippen molar-refractivity contribution in [3.05, 3.63) is 40.7 Å². The van der Waals surface area contributed by atoms with Crippen molar-refractivity contribution in [1.82, 2.24) is 14.6 Å². The summed E-state index contributed by atoms with van der Waals surface area (Å²) in [5, 5.41) is 18.2. The molecule has 0 atom stereocenters. The minimum absolute atomic E-state index is 0.132. The summed E-state index contributed by atoms with van der Waals surface area (Å²) in [6, 6.07) is 6.15. The van der Waals surface area contributed by atoms with Crippen molar-refractivity contribution < 1.29 is 9.90 Å². The Morgan fingerprint density at radius 1 is 1.15 bits per heavy atom. The fourth-order valence-corrected chi connectivity index (χ4v) is 2.75. The first-order valence-electron chi connectivity index (χ1n) is 6.43. The van der Waals surface area contributed by atoms with Gasteiger partial charge in [-0.3, -0.25) is 9.20 Å². The Kier molecular flexibility index (Phi) is 2.71. The normalized spacial score (nSPS) is 11.3. The minimum Gasteiger partial charge on any atom is -0.481 e. The lowest BCUT2D eigenvalue weighted by Gasteiger charge is -2.11. The van der Waals surface area contributed by atoms with E-state index in [0.29, 0.717) is 11.5 Å². The molecule has 2 heterocycles. The fourth-order valence-electron chi connectivity index (χ4n) is 2.75. The Hall–Kier alpha value is -2.43. The summed E-state index contributed by atoms with van der Waals surface area (Å²) in [4.78, 5) is 11.0. The van der Waals surface area contributed by atoms with Crippen LogP contribution >= 0.6 is 0 Å². The van der Waals surface area contributed by atoms with Gasteiger partial charge in [0.15, 0.2) is 5.65 Å². The molecule has 0 unspecified atom stereocenters. The monoisotopic (exact) mass is 269 g/mol. The van der Waals surface area contributed by atoms with Crippen molar-refractivity contribution in [1.29, 1.82) is 0 Å². The molecule has 0 fully saturated rings. The van der Waals surface area contributed by atoms with E-state index in [-0.39, 0.29) is 6.42 Å². The molecule has 5 heteroatoms. The highest BCUT2D eigenvalue weighted by Gasteiger charge is 2.15. The number of carboxylic acids is 1. The number of rotatable bonds is 2. The molecule has 0 radical (unpaired) electrons. The molecule has 0 spiro atoms. The van der Waals surface area contributed by atoms with Crippen molar-refractivity contribution in [2.24, 2.45) is 0 Å². The van der Waals surface area contributed by atoms with Crippen LogP contribution in [0.4, 0.5) is 0 Å². The van der Waals surface area contributed by atoms with Gasteiger partial charge in [-0.05, 0) is 44.0 Å². The topological polar surface area (TPSA) is 67.5 Å². The molecule has 0 aliphatic heterocycles. The van der Waals surface area contributed by atoms with Gasteiger partial charge in [-0.25, -0.2) is 0 Å². The zero-order chi connectivity index (χ0) is 14.4. The number of aliphatic carboxylic acids is 1. The quantitative estimate of drug-likeness (QED) is 0.776. The van der Waals surface area contributed by atoms with E-state index in [1.165, 1.54) is 5.56 Å². The van der Waals surface area contributed by atoms with Gasteiger partial charge >= 0.3 is 5.97 Å². The maximum atomic E-state index is 11.0. The third-order valence-corrected chi connectivity index (χ3v) is 3.50. The lowest BCUT2D eigenvalue weighted by Crippen LogP contribution is -2.06. The van der Waals surface area contributed by atoms with Gasteiger partial charge in [0.1, 0.15) is 12.2 Å². The summed E-state index contributed by atoms with van der Waals surface area (Å²) in [5.41, 5.74) is 5.09. The first-order chi connectivity index (χ1) is 9.47. The van der Waals surface area contributed by atoms with Crippen LogP contribution in [0.5, 0.6) is 0 Å². The van der Waals surface area contributed by atoms with Crippen LogP contribution < -0.4 is 0 Å². The predicted octanol–water partition coefficient (Wildman–Crippen LogP) is 2.43. The molecule has 102 valence electrons. The van der Waals surface area contributed by atoms with Crippen molar-refractivity contribution in [2.45, 2.75) is 27.2 Å². The van der Waals surface area contributed by atoms with E-state index >= 15 is 0 Å². The van der Waals surface area contributed by atoms with Crippen LogP contribution in [-0.4, -0.2) is 25.7 Å². The van der Waals surface area contributed by atoms with E-state index in [9.17, 15) is 4.79 Å². The molecule has 20 heavy (non-hydrogen) atoms. The third-order valence-electron chi connectivity index (χ3n) is 3.50. The number of carboxylic acid groups (broad SMARTS) is 1. The summed E-state index contributed by atoms with van der Waals surface area (Å²) >= 11 is 0. The second-order valence-electron chi connectivity index (χ2n) is 5.19. The number of fused-ring (bicyclic) bond motifs is 3. The van der Waals surface area contributed by atoms with Gasteiger partial charge in [-0.2, -0.15) is 0 Å². The first-order valence-corrected chi connectivity index (χ1v) is 6.43. The highest BCUT2D eigenvalue weighted by molar-refractivity contribution is 5.89. The van der Waals surface area contributed by atoms with Gasteiger partial charge in [0.25, 0.3) is 0 Å². The zero-order valence-corrected chi connectivity index (χ0v) is 11.6. The maximum Gasteiger partial charge on any atom is 0.311 e. The Morgan fingerprint density at radius 2 is 1.90 bits per heavy atom. The molecule has 0 amide bonds. The average molecular weight is 269 g/mol. The molecular formula is C15H15N3O2. The Morgan fingerprint density at radius 3 is 2.60 bits per heavy atom. The summed E-state index contributed by atoms with van der Waals surface area (Å²) in [5.74, 6) is -0.442. The van der Waals surface area contributed by atoms with E-state index in [2.05, 4.69) is 29.3 Å². The molecule has 1 N–H and O–H groups in total. The molecule has 0 bridgehead atoms. The number of aryl methyl sites for hydroxylation is 3. The third kappa shape index (κ3) is 1.82. The van der Waals surface area contributed by atoms with Crippen molar-refractivity contribution in [3.8, 4) is 0 Å². The number of aromatic nitrogens is 3. The number of hydrogen-bond donors (Lipinski definition) is 1. The number of hydrogen-bond acceptors (Lipinski definition) is 3. The van der Waals surface area contributed by atoms with Gasteiger partial charge in [0.2, 0.25) is 0 Å². The molecule has 1 aromatic carbocycles. The second kappa shape index (κ2) is 4.30. The van der Waals surface area contributed by atoms with Crippen molar-refractivity contribution >= 4 is 22.5 Å². The lowest BCUT2D eigenvalue weighted by atomic mass is 10.0. The van der Waals surface area contributed by atoms with Gasteiger partial charge in [-0.15, -0.1) is 10.2 Å². The van der Waals surface area contributed by atoms with Gasteiger partial charge in [0, 0.05) is 5.39 Å². The average Bonchev–Trinajstić information content (AvgIpc) is 2.71. The van der Waals surface area contributed by atoms with Crippen LogP contribution in [0.1, 0.15) is 22.5 Å². The second-order valence-corrected chi connectivity index (χ2v) is 5.19. The fraction of sp³-hybridized carbons (Fsp3) is 0.267. The SMILES string of the molecule is Cc1cc(C)c2c(c1)c(C)cc1nnc(CC(=O)O)n12. The molecule has 0 aliphatic carbocycles.